The summed E-state index contributed by atoms with van der Waals surface area (Å²) in [6, 6.07) is 0.433. The van der Waals surface area contributed by atoms with Crippen LogP contribution in [0.2, 0.25) is 0 Å². The van der Waals surface area contributed by atoms with E-state index in [1.54, 1.807) is 6.92 Å². The van der Waals surface area contributed by atoms with Crippen LogP contribution in [0.15, 0.2) is 4.42 Å². The summed E-state index contributed by atoms with van der Waals surface area (Å²) in [7, 11) is 0. The molecule has 1 atom stereocenters. The zero-order valence-corrected chi connectivity index (χ0v) is 12.5. The first-order valence-corrected chi connectivity index (χ1v) is 6.98. The standard InChI is InChI=1S/C13H23N5O2/c1-8(11(19)16-13(2,3)4)15-12-18-17-10(20-12)7-14-9-5-6-9/h8-9,14H,5-7H2,1-4H3,(H,15,18)(H,16,19). The normalized spacial score (nSPS) is 16.8. The maximum absolute atomic E-state index is 11.9. The highest BCUT2D eigenvalue weighted by atomic mass is 16.4. The van der Waals surface area contributed by atoms with Crippen LogP contribution < -0.4 is 16.0 Å². The smallest absolute Gasteiger partial charge is 0.316 e. The van der Waals surface area contributed by atoms with Crippen molar-refractivity contribution < 1.29 is 9.21 Å². The summed E-state index contributed by atoms with van der Waals surface area (Å²) in [6.07, 6.45) is 2.42. The molecule has 7 nitrogen and oxygen atoms in total. The molecule has 3 N–H and O–H groups in total. The van der Waals surface area contributed by atoms with Gasteiger partial charge in [0, 0.05) is 11.6 Å². The molecule has 0 radical (unpaired) electrons. The van der Waals surface area contributed by atoms with Gasteiger partial charge in [0.15, 0.2) is 0 Å². The maximum atomic E-state index is 11.9. The number of anilines is 1. The molecule has 1 aromatic heterocycles. The fraction of sp³-hybridized carbons (Fsp3) is 0.769. The van der Waals surface area contributed by atoms with Crippen molar-refractivity contribution in [1.82, 2.24) is 20.8 Å². The predicted molar refractivity (Wildman–Crippen MR) is 75.1 cm³/mol. The molecule has 2 rings (SSSR count). The van der Waals surface area contributed by atoms with Gasteiger partial charge >= 0.3 is 6.01 Å². The molecule has 0 saturated heterocycles. The number of nitrogens with one attached hydrogen (secondary N) is 3. The molecule has 0 spiro atoms. The average molecular weight is 281 g/mol. The zero-order valence-electron chi connectivity index (χ0n) is 12.5. The Kier molecular flexibility index (Phi) is 4.27. The van der Waals surface area contributed by atoms with Crippen molar-refractivity contribution in [3.05, 3.63) is 5.89 Å². The molecule has 1 fully saturated rings. The Morgan fingerprint density at radius 2 is 2.10 bits per heavy atom. The number of hydrogen-bond donors (Lipinski definition) is 3. The highest BCUT2D eigenvalue weighted by molar-refractivity contribution is 5.84. The molecule has 7 heteroatoms. The molecule has 0 aromatic carbocycles. The van der Waals surface area contributed by atoms with Gasteiger partial charge in [0.25, 0.3) is 0 Å². The van der Waals surface area contributed by atoms with Crippen molar-refractivity contribution in [2.24, 2.45) is 0 Å². The monoisotopic (exact) mass is 281 g/mol. The number of nitrogens with zero attached hydrogens (tertiary/aromatic N) is 2. The van der Waals surface area contributed by atoms with Gasteiger partial charge in [-0.2, -0.15) is 0 Å². The van der Waals surface area contributed by atoms with Gasteiger partial charge < -0.3 is 20.4 Å². The zero-order chi connectivity index (χ0) is 14.8. The lowest BCUT2D eigenvalue weighted by molar-refractivity contribution is -0.122. The van der Waals surface area contributed by atoms with Crippen molar-refractivity contribution in [1.29, 1.82) is 0 Å². The van der Waals surface area contributed by atoms with Crippen LogP contribution in [0.25, 0.3) is 0 Å². The van der Waals surface area contributed by atoms with Gasteiger partial charge in [-0.05, 0) is 40.5 Å². The van der Waals surface area contributed by atoms with Crippen molar-refractivity contribution in [3.8, 4) is 0 Å². The minimum atomic E-state index is -0.432. The summed E-state index contributed by atoms with van der Waals surface area (Å²) in [5.74, 6) is 0.427. The van der Waals surface area contributed by atoms with Gasteiger partial charge in [-0.3, -0.25) is 4.79 Å². The summed E-state index contributed by atoms with van der Waals surface area (Å²) in [4.78, 5) is 11.9. The first kappa shape index (κ1) is 14.8. The van der Waals surface area contributed by atoms with E-state index in [-0.39, 0.29) is 17.5 Å². The molecule has 0 aliphatic heterocycles. The van der Waals surface area contributed by atoms with E-state index in [1.807, 2.05) is 20.8 Å². The van der Waals surface area contributed by atoms with Crippen LogP contribution >= 0.6 is 0 Å². The minimum Gasteiger partial charge on any atom is -0.407 e. The molecule has 112 valence electrons. The van der Waals surface area contributed by atoms with E-state index in [0.717, 1.165) is 0 Å². The fourth-order valence-corrected chi connectivity index (χ4v) is 1.63. The van der Waals surface area contributed by atoms with E-state index in [4.69, 9.17) is 4.42 Å². The second-order valence-electron chi connectivity index (χ2n) is 6.26. The highest BCUT2D eigenvalue weighted by Gasteiger charge is 2.22. The van der Waals surface area contributed by atoms with Crippen LogP contribution in [0, 0.1) is 0 Å². The molecular weight excluding hydrogens is 258 g/mol. The van der Waals surface area contributed by atoms with Gasteiger partial charge in [0.05, 0.1) is 6.54 Å². The quantitative estimate of drug-likeness (QED) is 0.721. The number of aromatic nitrogens is 2. The third kappa shape index (κ3) is 4.80. The maximum Gasteiger partial charge on any atom is 0.316 e. The van der Waals surface area contributed by atoms with Crippen LogP contribution in [-0.2, 0) is 11.3 Å². The van der Waals surface area contributed by atoms with Crippen molar-refractivity contribution in [3.63, 3.8) is 0 Å². The predicted octanol–water partition coefficient (Wildman–Crippen LogP) is 1.04. The molecule has 1 unspecified atom stereocenters. The summed E-state index contributed by atoms with van der Waals surface area (Å²) in [6.45, 7) is 8.14. The molecule has 1 aromatic rings. The molecule has 1 saturated carbocycles. The third-order valence-corrected chi connectivity index (χ3v) is 2.82. The van der Waals surface area contributed by atoms with Crippen LogP contribution in [0.3, 0.4) is 0 Å². The van der Waals surface area contributed by atoms with E-state index in [1.165, 1.54) is 12.8 Å². The van der Waals surface area contributed by atoms with E-state index < -0.39 is 6.04 Å². The number of carbonyl (C=O) groups excluding carboxylic acids is 1. The van der Waals surface area contributed by atoms with Crippen LogP contribution in [0.1, 0.15) is 46.4 Å². The first-order valence-electron chi connectivity index (χ1n) is 6.98. The third-order valence-electron chi connectivity index (χ3n) is 2.82. The van der Waals surface area contributed by atoms with Crippen LogP contribution in [0.4, 0.5) is 6.01 Å². The Labute approximate surface area is 118 Å². The summed E-state index contributed by atoms with van der Waals surface area (Å²) in [5, 5.41) is 16.9. The number of rotatable bonds is 6. The highest BCUT2D eigenvalue weighted by Crippen LogP contribution is 2.19. The Balaban J connectivity index is 1.80. The molecule has 1 heterocycles. The van der Waals surface area contributed by atoms with Gasteiger partial charge in [-0.1, -0.05) is 5.10 Å². The van der Waals surface area contributed by atoms with Gasteiger partial charge in [0.2, 0.25) is 11.8 Å². The molecule has 1 aliphatic rings. The van der Waals surface area contributed by atoms with E-state index in [0.29, 0.717) is 18.5 Å². The van der Waals surface area contributed by atoms with Crippen molar-refractivity contribution in [2.45, 2.75) is 64.7 Å². The Bertz CT molecular complexity index is 462. The molecule has 0 bridgehead atoms. The number of amides is 1. The Hall–Kier alpha value is -1.63. The largest absolute Gasteiger partial charge is 0.407 e. The van der Waals surface area contributed by atoms with E-state index in [2.05, 4.69) is 26.1 Å². The number of carbonyl (C=O) groups is 1. The summed E-state index contributed by atoms with van der Waals surface area (Å²) >= 11 is 0. The van der Waals surface area contributed by atoms with Gasteiger partial charge in [-0.15, -0.1) is 5.10 Å². The first-order chi connectivity index (χ1) is 9.33. The van der Waals surface area contributed by atoms with Crippen LogP contribution in [0.5, 0.6) is 0 Å². The Morgan fingerprint density at radius 1 is 1.40 bits per heavy atom. The molecule has 1 amide bonds. The Morgan fingerprint density at radius 3 is 2.70 bits per heavy atom. The fourth-order valence-electron chi connectivity index (χ4n) is 1.63. The summed E-state index contributed by atoms with van der Waals surface area (Å²) in [5.41, 5.74) is -0.263. The average Bonchev–Trinajstić information content (AvgIpc) is 3.05. The lowest BCUT2D eigenvalue weighted by atomic mass is 10.1. The lowest BCUT2D eigenvalue weighted by Crippen LogP contribution is -2.47. The van der Waals surface area contributed by atoms with Gasteiger partial charge in [-0.25, -0.2) is 0 Å². The van der Waals surface area contributed by atoms with Crippen molar-refractivity contribution >= 4 is 11.9 Å². The van der Waals surface area contributed by atoms with E-state index in [9.17, 15) is 4.79 Å². The number of hydrogen-bond acceptors (Lipinski definition) is 6. The molecular formula is C13H23N5O2. The minimum absolute atomic E-state index is 0.103. The molecule has 1 aliphatic carbocycles. The molecule has 20 heavy (non-hydrogen) atoms. The second kappa shape index (κ2) is 5.78. The van der Waals surface area contributed by atoms with Gasteiger partial charge in [0.1, 0.15) is 6.04 Å². The lowest BCUT2D eigenvalue weighted by Gasteiger charge is -2.23. The van der Waals surface area contributed by atoms with Crippen molar-refractivity contribution in [2.75, 3.05) is 5.32 Å². The second-order valence-corrected chi connectivity index (χ2v) is 6.26. The SMILES string of the molecule is CC(Nc1nnc(CNC2CC2)o1)C(=O)NC(C)(C)C. The van der Waals surface area contributed by atoms with Crippen LogP contribution in [-0.4, -0.2) is 33.7 Å². The summed E-state index contributed by atoms with van der Waals surface area (Å²) < 4.78 is 5.44. The van der Waals surface area contributed by atoms with E-state index >= 15 is 0 Å². The topological polar surface area (TPSA) is 92.1 Å².